The highest BCUT2D eigenvalue weighted by molar-refractivity contribution is 5.79. The molecule has 0 aliphatic heterocycles. The van der Waals surface area contributed by atoms with E-state index in [1.54, 1.807) is 0 Å². The fourth-order valence-corrected chi connectivity index (χ4v) is 5.70. The van der Waals surface area contributed by atoms with Gasteiger partial charge in [0.05, 0.1) is 0 Å². The van der Waals surface area contributed by atoms with Gasteiger partial charge in [-0.05, 0) is 29.5 Å². The molecule has 2 aromatic carbocycles. The normalized spacial score (nSPS) is 19.5. The highest BCUT2D eigenvalue weighted by Gasteiger charge is 2.42. The number of rotatable bonds is 17. The molecule has 2 aromatic rings. The van der Waals surface area contributed by atoms with Gasteiger partial charge in [-0.1, -0.05) is 164 Å². The Labute approximate surface area is 225 Å². The molecule has 1 aliphatic carbocycles. The molecular weight excluding hydrogens is 458 g/mol. The highest BCUT2D eigenvalue weighted by atomic mass is 19.2. The molecule has 0 saturated heterocycles. The molecule has 0 heterocycles. The van der Waals surface area contributed by atoms with Gasteiger partial charge in [-0.25, -0.2) is 8.78 Å². The van der Waals surface area contributed by atoms with E-state index in [1.165, 1.54) is 51.4 Å². The van der Waals surface area contributed by atoms with Gasteiger partial charge >= 0.3 is 0 Å². The second kappa shape index (κ2) is 15.9. The molecule has 0 fully saturated rings. The standard InChI is InChI=1S/C35H48F2/c1-3-5-7-8-9-10-11-12-13-18-27-35(26-17-6-4-2)28-25-32(33(36)34(35)37)31-23-21-30(22-24-31)29-19-15-14-16-20-29/h14-16,19-25,28,34H,3-13,17-18,26-27H2,1-2H3. The Hall–Kier alpha value is -2.22. The summed E-state index contributed by atoms with van der Waals surface area (Å²) in [5.74, 6) is -0.585. The van der Waals surface area contributed by atoms with Crippen molar-refractivity contribution in [2.45, 2.75) is 116 Å². The van der Waals surface area contributed by atoms with Crippen molar-refractivity contribution in [2.75, 3.05) is 0 Å². The lowest BCUT2D eigenvalue weighted by atomic mass is 9.70. The van der Waals surface area contributed by atoms with Crippen LogP contribution in [0.4, 0.5) is 8.78 Å². The average Bonchev–Trinajstić information content (AvgIpc) is 2.93. The molecule has 2 atom stereocenters. The summed E-state index contributed by atoms with van der Waals surface area (Å²) in [7, 11) is 0. The lowest BCUT2D eigenvalue weighted by Crippen LogP contribution is -2.33. The van der Waals surface area contributed by atoms with Crippen LogP contribution in [-0.2, 0) is 0 Å². The lowest BCUT2D eigenvalue weighted by molar-refractivity contribution is 0.131. The van der Waals surface area contributed by atoms with Gasteiger partial charge in [-0.15, -0.1) is 0 Å². The van der Waals surface area contributed by atoms with Crippen molar-refractivity contribution in [3.63, 3.8) is 0 Å². The van der Waals surface area contributed by atoms with Gasteiger partial charge in [0.2, 0.25) is 0 Å². The molecule has 0 radical (unpaired) electrons. The Morgan fingerprint density at radius 1 is 0.595 bits per heavy atom. The largest absolute Gasteiger partial charge is 0.239 e. The third kappa shape index (κ3) is 8.66. The highest BCUT2D eigenvalue weighted by Crippen LogP contribution is 2.47. The summed E-state index contributed by atoms with van der Waals surface area (Å²) in [6.07, 6.45) is 19.5. The van der Waals surface area contributed by atoms with Crippen LogP contribution >= 0.6 is 0 Å². The smallest absolute Gasteiger partial charge is 0.161 e. The van der Waals surface area contributed by atoms with Crippen LogP contribution in [0.5, 0.6) is 0 Å². The fraction of sp³-hybridized carbons (Fsp3) is 0.543. The Kier molecular flexibility index (Phi) is 12.6. The summed E-state index contributed by atoms with van der Waals surface area (Å²) < 4.78 is 31.5. The van der Waals surface area contributed by atoms with Gasteiger partial charge in [0, 0.05) is 11.0 Å². The molecule has 1 aliphatic rings. The van der Waals surface area contributed by atoms with Crippen molar-refractivity contribution < 1.29 is 8.78 Å². The molecule has 2 heteroatoms. The summed E-state index contributed by atoms with van der Waals surface area (Å²) in [5, 5.41) is 0. The number of hydrogen-bond donors (Lipinski definition) is 0. The molecular formula is C35H48F2. The van der Waals surface area contributed by atoms with Crippen molar-refractivity contribution in [3.05, 3.63) is 78.1 Å². The molecule has 0 N–H and O–H groups in total. The Morgan fingerprint density at radius 3 is 1.65 bits per heavy atom. The average molecular weight is 507 g/mol. The zero-order valence-corrected chi connectivity index (χ0v) is 23.3. The van der Waals surface area contributed by atoms with Crippen molar-refractivity contribution in [3.8, 4) is 11.1 Å². The molecule has 2 unspecified atom stereocenters. The fourth-order valence-electron chi connectivity index (χ4n) is 5.70. The zero-order valence-electron chi connectivity index (χ0n) is 23.3. The van der Waals surface area contributed by atoms with Crippen LogP contribution in [0.3, 0.4) is 0 Å². The topological polar surface area (TPSA) is 0 Å². The Morgan fingerprint density at radius 2 is 1.05 bits per heavy atom. The van der Waals surface area contributed by atoms with Crippen LogP contribution < -0.4 is 0 Å². The van der Waals surface area contributed by atoms with E-state index in [0.29, 0.717) is 5.57 Å². The van der Waals surface area contributed by atoms with Crippen molar-refractivity contribution >= 4 is 5.57 Å². The van der Waals surface area contributed by atoms with Gasteiger partial charge < -0.3 is 0 Å². The second-order valence-electron chi connectivity index (χ2n) is 11.0. The lowest BCUT2D eigenvalue weighted by Gasteiger charge is -2.37. The number of allylic oxidation sites excluding steroid dienone is 4. The number of unbranched alkanes of at least 4 members (excludes halogenated alkanes) is 11. The van der Waals surface area contributed by atoms with E-state index >= 15 is 8.78 Å². The van der Waals surface area contributed by atoms with E-state index in [2.05, 4.69) is 26.0 Å². The molecule has 37 heavy (non-hydrogen) atoms. The van der Waals surface area contributed by atoms with Crippen LogP contribution in [0.25, 0.3) is 16.7 Å². The SMILES string of the molecule is CCCCCCCCCCCCC1(CCCCC)C=CC(c2ccc(-c3ccccc3)cc2)=C(F)C1F. The predicted molar refractivity (Wildman–Crippen MR) is 157 cm³/mol. The number of hydrogen-bond acceptors (Lipinski definition) is 0. The minimum atomic E-state index is -1.56. The molecule has 0 spiro atoms. The molecule has 3 rings (SSSR count). The van der Waals surface area contributed by atoms with E-state index in [1.807, 2.05) is 54.6 Å². The van der Waals surface area contributed by atoms with Crippen LogP contribution in [0.1, 0.15) is 116 Å². The van der Waals surface area contributed by atoms with Gasteiger partial charge in [0.25, 0.3) is 0 Å². The summed E-state index contributed by atoms with van der Waals surface area (Å²) in [6.45, 7) is 4.42. The summed E-state index contributed by atoms with van der Waals surface area (Å²) in [5.41, 5.74) is 2.65. The first kappa shape index (κ1) is 29.3. The van der Waals surface area contributed by atoms with Gasteiger partial charge in [-0.3, -0.25) is 0 Å². The number of benzene rings is 2. The van der Waals surface area contributed by atoms with Crippen LogP contribution in [0.2, 0.25) is 0 Å². The molecule has 0 saturated carbocycles. The molecule has 0 aromatic heterocycles. The predicted octanol–water partition coefficient (Wildman–Crippen LogP) is 11.8. The summed E-state index contributed by atoms with van der Waals surface area (Å²) >= 11 is 0. The van der Waals surface area contributed by atoms with Crippen LogP contribution in [0.15, 0.2) is 72.6 Å². The van der Waals surface area contributed by atoms with Crippen molar-refractivity contribution in [1.82, 2.24) is 0 Å². The first-order valence-electron chi connectivity index (χ1n) is 15.0. The maximum absolute atomic E-state index is 15.9. The molecule has 0 bridgehead atoms. The summed E-state index contributed by atoms with van der Waals surface area (Å²) in [6, 6.07) is 18.0. The number of halogens is 2. The maximum atomic E-state index is 15.9. The monoisotopic (exact) mass is 506 g/mol. The van der Waals surface area contributed by atoms with Crippen molar-refractivity contribution in [1.29, 1.82) is 0 Å². The van der Waals surface area contributed by atoms with E-state index in [-0.39, 0.29) is 0 Å². The van der Waals surface area contributed by atoms with Gasteiger partial charge in [0.1, 0.15) is 5.83 Å². The third-order valence-corrected chi connectivity index (χ3v) is 8.11. The van der Waals surface area contributed by atoms with Crippen LogP contribution in [0, 0.1) is 5.41 Å². The molecule has 202 valence electrons. The van der Waals surface area contributed by atoms with E-state index < -0.39 is 17.4 Å². The third-order valence-electron chi connectivity index (χ3n) is 8.11. The van der Waals surface area contributed by atoms with Crippen LogP contribution in [-0.4, -0.2) is 6.17 Å². The van der Waals surface area contributed by atoms with Crippen molar-refractivity contribution in [2.24, 2.45) is 5.41 Å². The Bertz CT molecular complexity index is 957. The van der Waals surface area contributed by atoms with E-state index in [0.717, 1.165) is 61.6 Å². The molecule has 0 amide bonds. The first-order chi connectivity index (χ1) is 18.1. The van der Waals surface area contributed by atoms with Gasteiger partial charge in [-0.2, -0.15) is 0 Å². The van der Waals surface area contributed by atoms with E-state index in [9.17, 15) is 0 Å². The molecule has 0 nitrogen and oxygen atoms in total. The second-order valence-corrected chi connectivity index (χ2v) is 11.0. The first-order valence-corrected chi connectivity index (χ1v) is 15.0. The minimum absolute atomic E-state index is 0.404. The zero-order chi connectivity index (χ0) is 26.3. The number of alkyl halides is 1. The summed E-state index contributed by atoms with van der Waals surface area (Å²) in [4.78, 5) is 0. The van der Waals surface area contributed by atoms with Gasteiger partial charge in [0.15, 0.2) is 6.17 Å². The quantitative estimate of drug-likeness (QED) is 0.187. The van der Waals surface area contributed by atoms with E-state index in [4.69, 9.17) is 0 Å². The minimum Gasteiger partial charge on any atom is -0.239 e. The maximum Gasteiger partial charge on any atom is 0.161 e. The Balaban J connectivity index is 1.60.